The van der Waals surface area contributed by atoms with Gasteiger partial charge in [-0.1, -0.05) is 50.2 Å². The minimum absolute atomic E-state index is 0.0234. The lowest BCUT2D eigenvalue weighted by Crippen LogP contribution is -2.15. The van der Waals surface area contributed by atoms with Crippen molar-refractivity contribution < 1.29 is 18.7 Å². The van der Waals surface area contributed by atoms with Gasteiger partial charge < -0.3 is 9.47 Å². The zero-order valence-corrected chi connectivity index (χ0v) is 16.0. The molecule has 0 N–H and O–H groups in total. The molecule has 0 radical (unpaired) electrons. The van der Waals surface area contributed by atoms with Crippen LogP contribution in [-0.4, -0.2) is 17.6 Å². The Balaban J connectivity index is 1.52. The van der Waals surface area contributed by atoms with Gasteiger partial charge in [0.15, 0.2) is 18.2 Å². The van der Waals surface area contributed by atoms with Crippen molar-refractivity contribution in [2.24, 2.45) is 0 Å². The van der Waals surface area contributed by atoms with Crippen LogP contribution in [0, 0.1) is 5.82 Å². The number of esters is 1. The van der Waals surface area contributed by atoms with Gasteiger partial charge in [-0.15, -0.1) is 11.3 Å². The molecule has 0 unspecified atom stereocenters. The number of thiazole rings is 1. The number of benzene rings is 2. The number of ether oxygens (including phenoxy) is 2. The molecule has 140 valence electrons. The van der Waals surface area contributed by atoms with Crippen LogP contribution >= 0.6 is 11.3 Å². The Morgan fingerprint density at radius 2 is 1.89 bits per heavy atom. The highest BCUT2D eigenvalue weighted by atomic mass is 32.1. The van der Waals surface area contributed by atoms with E-state index in [2.05, 4.69) is 31.0 Å². The van der Waals surface area contributed by atoms with Crippen molar-refractivity contribution in [1.82, 2.24) is 4.98 Å². The molecule has 3 rings (SSSR count). The molecule has 0 atom stereocenters. The molecule has 1 heterocycles. The maximum atomic E-state index is 13.4. The summed E-state index contributed by atoms with van der Waals surface area (Å²) < 4.78 is 23.7. The summed E-state index contributed by atoms with van der Waals surface area (Å²) in [6.45, 7) is 4.01. The van der Waals surface area contributed by atoms with Gasteiger partial charge in [-0.3, -0.25) is 0 Å². The van der Waals surface area contributed by atoms with Crippen LogP contribution in [0.2, 0.25) is 0 Å². The molecule has 2 aromatic carbocycles. The lowest BCUT2D eigenvalue weighted by molar-refractivity contribution is -0.147. The average Bonchev–Trinajstić information content (AvgIpc) is 3.15. The number of rotatable bonds is 7. The van der Waals surface area contributed by atoms with E-state index >= 15 is 0 Å². The minimum Gasteiger partial charge on any atom is -0.479 e. The van der Waals surface area contributed by atoms with Crippen molar-refractivity contribution in [2.45, 2.75) is 26.4 Å². The van der Waals surface area contributed by atoms with Crippen molar-refractivity contribution in [3.8, 4) is 16.3 Å². The summed E-state index contributed by atoms with van der Waals surface area (Å²) in [6, 6.07) is 14.2. The highest BCUT2D eigenvalue weighted by Crippen LogP contribution is 2.26. The summed E-state index contributed by atoms with van der Waals surface area (Å²) >= 11 is 1.50. The van der Waals surface area contributed by atoms with Gasteiger partial charge in [0.1, 0.15) is 11.6 Å². The van der Waals surface area contributed by atoms with E-state index in [1.165, 1.54) is 29.0 Å². The van der Waals surface area contributed by atoms with Crippen LogP contribution < -0.4 is 4.74 Å². The lowest BCUT2D eigenvalue weighted by atomic mass is 10.0. The van der Waals surface area contributed by atoms with Crippen molar-refractivity contribution in [3.63, 3.8) is 0 Å². The van der Waals surface area contributed by atoms with Gasteiger partial charge in [0, 0.05) is 10.9 Å². The molecule has 0 bridgehead atoms. The smallest absolute Gasteiger partial charge is 0.344 e. The Morgan fingerprint density at radius 3 is 2.59 bits per heavy atom. The highest BCUT2D eigenvalue weighted by molar-refractivity contribution is 7.13. The van der Waals surface area contributed by atoms with E-state index in [4.69, 9.17) is 9.47 Å². The van der Waals surface area contributed by atoms with Crippen molar-refractivity contribution in [3.05, 3.63) is 71.0 Å². The van der Waals surface area contributed by atoms with Gasteiger partial charge in [-0.25, -0.2) is 14.2 Å². The maximum absolute atomic E-state index is 13.4. The predicted octanol–water partition coefficient (Wildman–Crippen LogP) is 5.19. The minimum atomic E-state index is -0.575. The zero-order valence-electron chi connectivity index (χ0n) is 15.1. The number of hydrogen-bond donors (Lipinski definition) is 0. The molecule has 0 aliphatic rings. The van der Waals surface area contributed by atoms with E-state index in [0.717, 1.165) is 10.6 Å². The summed E-state index contributed by atoms with van der Waals surface area (Å²) in [5.41, 5.74) is 2.98. The highest BCUT2D eigenvalue weighted by Gasteiger charge is 2.10. The molecule has 0 aliphatic carbocycles. The van der Waals surface area contributed by atoms with Gasteiger partial charge in [-0.2, -0.15) is 0 Å². The maximum Gasteiger partial charge on any atom is 0.344 e. The Hall–Kier alpha value is -2.73. The summed E-state index contributed by atoms with van der Waals surface area (Å²) in [4.78, 5) is 16.3. The van der Waals surface area contributed by atoms with E-state index in [0.29, 0.717) is 11.6 Å². The second-order valence-corrected chi connectivity index (χ2v) is 7.16. The first-order chi connectivity index (χ1) is 13.0. The summed E-state index contributed by atoms with van der Waals surface area (Å²) in [5.74, 6) is -0.584. The van der Waals surface area contributed by atoms with Crippen LogP contribution in [0.15, 0.2) is 53.9 Å². The van der Waals surface area contributed by atoms with Gasteiger partial charge in [0.2, 0.25) is 0 Å². The molecular weight excluding hydrogens is 365 g/mol. The molecule has 4 nitrogen and oxygen atoms in total. The van der Waals surface area contributed by atoms with Crippen LogP contribution in [0.1, 0.15) is 31.0 Å². The monoisotopic (exact) mass is 385 g/mol. The van der Waals surface area contributed by atoms with Gasteiger partial charge in [0.25, 0.3) is 0 Å². The standard InChI is InChI=1S/C21H20FNO3S/c1-14(2)15-7-9-16(10-8-15)21-23-17(13-27-21)11-26-20(24)12-25-19-6-4-3-5-18(19)22/h3-10,13-14H,11-12H2,1-2H3. The largest absolute Gasteiger partial charge is 0.479 e. The van der Waals surface area contributed by atoms with E-state index in [-0.39, 0.29) is 19.0 Å². The summed E-state index contributed by atoms with van der Waals surface area (Å²) in [5, 5.41) is 2.73. The van der Waals surface area contributed by atoms with Crippen molar-refractivity contribution >= 4 is 17.3 Å². The van der Waals surface area contributed by atoms with Crippen LogP contribution in [-0.2, 0) is 16.1 Å². The summed E-state index contributed by atoms with van der Waals surface area (Å²) in [7, 11) is 0. The van der Waals surface area contributed by atoms with Gasteiger partial charge in [0.05, 0.1) is 5.69 Å². The molecule has 0 spiro atoms. The SMILES string of the molecule is CC(C)c1ccc(-c2nc(COC(=O)COc3ccccc3F)cs2)cc1. The normalized spacial score (nSPS) is 10.8. The summed E-state index contributed by atoms with van der Waals surface area (Å²) in [6.07, 6.45) is 0. The molecule has 0 saturated carbocycles. The molecule has 0 saturated heterocycles. The Bertz CT molecular complexity index is 906. The first-order valence-corrected chi connectivity index (χ1v) is 9.48. The first kappa shape index (κ1) is 19.0. The van der Waals surface area contributed by atoms with Crippen LogP contribution in [0.3, 0.4) is 0 Å². The molecule has 0 aliphatic heterocycles. The third kappa shape index (κ3) is 5.14. The first-order valence-electron chi connectivity index (χ1n) is 8.60. The molecule has 0 fully saturated rings. The van der Waals surface area contributed by atoms with Gasteiger partial charge >= 0.3 is 5.97 Å². The fourth-order valence-electron chi connectivity index (χ4n) is 2.41. The second-order valence-electron chi connectivity index (χ2n) is 6.30. The molecule has 3 aromatic rings. The molecule has 6 heteroatoms. The van der Waals surface area contributed by atoms with E-state index < -0.39 is 11.8 Å². The molecule has 27 heavy (non-hydrogen) atoms. The third-order valence-corrected chi connectivity index (χ3v) is 4.88. The quantitative estimate of drug-likeness (QED) is 0.525. The fourth-order valence-corrected chi connectivity index (χ4v) is 3.22. The van der Waals surface area contributed by atoms with Crippen LogP contribution in [0.4, 0.5) is 4.39 Å². The number of carbonyl (C=O) groups is 1. The molecular formula is C21H20FNO3S. The van der Waals surface area contributed by atoms with Crippen LogP contribution in [0.5, 0.6) is 5.75 Å². The number of hydrogen-bond acceptors (Lipinski definition) is 5. The van der Waals surface area contributed by atoms with E-state index in [1.807, 2.05) is 17.5 Å². The molecule has 1 aromatic heterocycles. The Morgan fingerprint density at radius 1 is 1.15 bits per heavy atom. The van der Waals surface area contributed by atoms with Gasteiger partial charge in [-0.05, 0) is 23.6 Å². The fraction of sp³-hybridized carbons (Fsp3) is 0.238. The number of halogens is 1. The van der Waals surface area contributed by atoms with E-state index in [1.54, 1.807) is 12.1 Å². The molecule has 0 amide bonds. The van der Waals surface area contributed by atoms with E-state index in [9.17, 15) is 9.18 Å². The zero-order chi connectivity index (χ0) is 19.2. The number of carbonyl (C=O) groups excluding carboxylic acids is 1. The average molecular weight is 385 g/mol. The second kappa shape index (κ2) is 8.77. The number of para-hydroxylation sites is 1. The third-order valence-electron chi connectivity index (χ3n) is 3.94. The predicted molar refractivity (Wildman–Crippen MR) is 103 cm³/mol. The number of nitrogens with zero attached hydrogens (tertiary/aromatic N) is 1. The van der Waals surface area contributed by atoms with Crippen molar-refractivity contribution in [1.29, 1.82) is 0 Å². The lowest BCUT2D eigenvalue weighted by Gasteiger charge is -2.06. The Labute approximate surface area is 161 Å². The topological polar surface area (TPSA) is 48.4 Å². The van der Waals surface area contributed by atoms with Crippen LogP contribution in [0.25, 0.3) is 10.6 Å². The van der Waals surface area contributed by atoms with Crippen molar-refractivity contribution in [2.75, 3.05) is 6.61 Å². The Kier molecular flexibility index (Phi) is 6.19. The number of aromatic nitrogens is 1.